The minimum absolute atomic E-state index is 0.0114. The molecule has 1 aliphatic carbocycles. The third-order valence-corrected chi connectivity index (χ3v) is 5.18. The van der Waals surface area contributed by atoms with Crippen molar-refractivity contribution >= 4 is 21.8 Å². The fourth-order valence-electron chi connectivity index (χ4n) is 3.11. The standard InChI is InChI=1S/C17H25BrN2O/c1-13(14-6-8-15(18)9-7-14)20-16(21)17(12-19)10-4-2-3-5-11-17/h6-9,13H,2-5,10-12,19H2,1H3,(H,20,21). The lowest BCUT2D eigenvalue weighted by Gasteiger charge is -2.31. The average molecular weight is 353 g/mol. The predicted molar refractivity (Wildman–Crippen MR) is 89.9 cm³/mol. The monoisotopic (exact) mass is 352 g/mol. The van der Waals surface area contributed by atoms with E-state index >= 15 is 0 Å². The molecule has 0 spiro atoms. The Bertz CT molecular complexity index is 464. The van der Waals surface area contributed by atoms with Crippen LogP contribution in [-0.4, -0.2) is 12.5 Å². The Morgan fingerprint density at radius 2 is 1.81 bits per heavy atom. The van der Waals surface area contributed by atoms with E-state index in [1.165, 1.54) is 12.8 Å². The molecule has 0 aromatic heterocycles. The number of hydrogen-bond donors (Lipinski definition) is 2. The molecule has 0 heterocycles. The quantitative estimate of drug-likeness (QED) is 0.806. The average Bonchev–Trinajstić information content (AvgIpc) is 2.74. The largest absolute Gasteiger partial charge is 0.349 e. The molecule has 0 bridgehead atoms. The van der Waals surface area contributed by atoms with Crippen LogP contribution in [0.5, 0.6) is 0 Å². The summed E-state index contributed by atoms with van der Waals surface area (Å²) in [5.41, 5.74) is 6.73. The van der Waals surface area contributed by atoms with Gasteiger partial charge >= 0.3 is 0 Å². The number of carbonyl (C=O) groups is 1. The van der Waals surface area contributed by atoms with Crippen LogP contribution in [0, 0.1) is 5.41 Å². The molecule has 3 nitrogen and oxygen atoms in total. The van der Waals surface area contributed by atoms with Crippen LogP contribution in [-0.2, 0) is 4.79 Å². The number of nitrogens with two attached hydrogens (primary N) is 1. The summed E-state index contributed by atoms with van der Waals surface area (Å²) >= 11 is 3.43. The van der Waals surface area contributed by atoms with Gasteiger partial charge in [-0.1, -0.05) is 53.7 Å². The normalized spacial score (nSPS) is 19.6. The van der Waals surface area contributed by atoms with Gasteiger partial charge in [-0.05, 0) is 37.5 Å². The molecule has 1 saturated carbocycles. The molecule has 4 heteroatoms. The van der Waals surface area contributed by atoms with Crippen molar-refractivity contribution in [2.75, 3.05) is 6.54 Å². The summed E-state index contributed by atoms with van der Waals surface area (Å²) in [5, 5.41) is 3.17. The summed E-state index contributed by atoms with van der Waals surface area (Å²) in [4.78, 5) is 12.8. The number of amides is 1. The molecular weight excluding hydrogens is 328 g/mol. The minimum atomic E-state index is -0.361. The molecule has 1 fully saturated rings. The molecule has 1 aromatic rings. The van der Waals surface area contributed by atoms with Crippen LogP contribution in [0.4, 0.5) is 0 Å². The number of carbonyl (C=O) groups excluding carboxylic acids is 1. The maximum atomic E-state index is 12.8. The third kappa shape index (κ3) is 4.07. The maximum Gasteiger partial charge on any atom is 0.227 e. The van der Waals surface area contributed by atoms with Crippen LogP contribution in [0.15, 0.2) is 28.7 Å². The SMILES string of the molecule is CC(NC(=O)C1(CN)CCCCCC1)c1ccc(Br)cc1. The third-order valence-electron chi connectivity index (χ3n) is 4.65. The molecule has 2 rings (SSSR count). The van der Waals surface area contributed by atoms with E-state index in [9.17, 15) is 4.79 Å². The molecule has 1 unspecified atom stereocenters. The van der Waals surface area contributed by atoms with Crippen LogP contribution in [0.1, 0.15) is 57.1 Å². The molecule has 116 valence electrons. The first-order valence-corrected chi connectivity index (χ1v) is 8.63. The van der Waals surface area contributed by atoms with Crippen molar-refractivity contribution in [3.8, 4) is 0 Å². The lowest BCUT2D eigenvalue weighted by atomic mass is 9.79. The van der Waals surface area contributed by atoms with Gasteiger partial charge in [0.05, 0.1) is 11.5 Å². The number of halogens is 1. The molecule has 3 N–H and O–H groups in total. The summed E-state index contributed by atoms with van der Waals surface area (Å²) in [6.45, 7) is 2.48. The van der Waals surface area contributed by atoms with Gasteiger partial charge in [0.2, 0.25) is 5.91 Å². The van der Waals surface area contributed by atoms with Gasteiger partial charge in [-0.15, -0.1) is 0 Å². The second-order valence-electron chi connectivity index (χ2n) is 6.15. The molecule has 0 saturated heterocycles. The highest BCUT2D eigenvalue weighted by Crippen LogP contribution is 2.35. The summed E-state index contributed by atoms with van der Waals surface area (Å²) in [7, 11) is 0. The van der Waals surface area contributed by atoms with E-state index in [1.54, 1.807) is 0 Å². The van der Waals surface area contributed by atoms with Crippen molar-refractivity contribution < 1.29 is 4.79 Å². The Morgan fingerprint density at radius 1 is 1.24 bits per heavy atom. The van der Waals surface area contributed by atoms with Gasteiger partial charge in [0.25, 0.3) is 0 Å². The smallest absolute Gasteiger partial charge is 0.227 e. The van der Waals surface area contributed by atoms with Crippen molar-refractivity contribution in [2.24, 2.45) is 11.1 Å². The predicted octanol–water partition coefficient (Wildman–Crippen LogP) is 3.93. The van der Waals surface area contributed by atoms with E-state index in [0.29, 0.717) is 6.54 Å². The first-order chi connectivity index (χ1) is 10.1. The molecule has 1 aromatic carbocycles. The van der Waals surface area contributed by atoms with Crippen molar-refractivity contribution in [2.45, 2.75) is 51.5 Å². The minimum Gasteiger partial charge on any atom is -0.349 e. The van der Waals surface area contributed by atoms with Crippen molar-refractivity contribution in [3.05, 3.63) is 34.3 Å². The van der Waals surface area contributed by atoms with Gasteiger partial charge in [0, 0.05) is 11.0 Å². The molecule has 1 aliphatic rings. The van der Waals surface area contributed by atoms with Crippen LogP contribution in [0.3, 0.4) is 0 Å². The van der Waals surface area contributed by atoms with Crippen LogP contribution in [0.25, 0.3) is 0 Å². The molecule has 21 heavy (non-hydrogen) atoms. The Morgan fingerprint density at radius 3 is 2.33 bits per heavy atom. The molecule has 1 amide bonds. The highest BCUT2D eigenvalue weighted by molar-refractivity contribution is 9.10. The van der Waals surface area contributed by atoms with E-state index in [0.717, 1.165) is 35.7 Å². The van der Waals surface area contributed by atoms with Gasteiger partial charge in [-0.3, -0.25) is 4.79 Å². The second-order valence-corrected chi connectivity index (χ2v) is 7.06. The van der Waals surface area contributed by atoms with Gasteiger partial charge < -0.3 is 11.1 Å². The number of hydrogen-bond acceptors (Lipinski definition) is 2. The number of nitrogens with one attached hydrogen (secondary N) is 1. The number of rotatable bonds is 4. The first-order valence-electron chi connectivity index (χ1n) is 7.84. The van der Waals surface area contributed by atoms with E-state index in [-0.39, 0.29) is 17.4 Å². The van der Waals surface area contributed by atoms with Crippen molar-refractivity contribution in [1.82, 2.24) is 5.32 Å². The Hall–Kier alpha value is -0.870. The molecular formula is C17H25BrN2O. The Kier molecular flexibility index (Phi) is 5.82. The zero-order valence-corrected chi connectivity index (χ0v) is 14.3. The highest BCUT2D eigenvalue weighted by Gasteiger charge is 2.37. The lowest BCUT2D eigenvalue weighted by molar-refractivity contribution is -0.132. The van der Waals surface area contributed by atoms with Crippen molar-refractivity contribution in [1.29, 1.82) is 0 Å². The molecule has 0 aliphatic heterocycles. The lowest BCUT2D eigenvalue weighted by Crippen LogP contribution is -2.46. The maximum absolute atomic E-state index is 12.8. The van der Waals surface area contributed by atoms with E-state index in [2.05, 4.69) is 21.2 Å². The van der Waals surface area contributed by atoms with Gasteiger partial charge in [-0.2, -0.15) is 0 Å². The van der Waals surface area contributed by atoms with Gasteiger partial charge in [0.15, 0.2) is 0 Å². The first kappa shape index (κ1) is 16.5. The zero-order chi connectivity index (χ0) is 15.3. The van der Waals surface area contributed by atoms with Crippen LogP contribution in [0.2, 0.25) is 0 Å². The number of benzene rings is 1. The molecule has 0 radical (unpaired) electrons. The van der Waals surface area contributed by atoms with E-state index in [4.69, 9.17) is 5.73 Å². The van der Waals surface area contributed by atoms with Crippen LogP contribution >= 0.6 is 15.9 Å². The summed E-state index contributed by atoms with van der Waals surface area (Å²) < 4.78 is 1.05. The Balaban J connectivity index is 2.06. The fraction of sp³-hybridized carbons (Fsp3) is 0.588. The summed E-state index contributed by atoms with van der Waals surface area (Å²) in [6, 6.07) is 8.09. The second kappa shape index (κ2) is 7.41. The summed E-state index contributed by atoms with van der Waals surface area (Å²) in [6.07, 6.45) is 6.49. The van der Waals surface area contributed by atoms with Gasteiger partial charge in [-0.25, -0.2) is 0 Å². The van der Waals surface area contributed by atoms with Crippen molar-refractivity contribution in [3.63, 3.8) is 0 Å². The topological polar surface area (TPSA) is 55.1 Å². The summed E-state index contributed by atoms with van der Waals surface area (Å²) in [5.74, 6) is 0.127. The zero-order valence-electron chi connectivity index (χ0n) is 12.7. The van der Waals surface area contributed by atoms with Gasteiger partial charge in [0.1, 0.15) is 0 Å². The highest BCUT2D eigenvalue weighted by atomic mass is 79.9. The fourth-order valence-corrected chi connectivity index (χ4v) is 3.38. The molecule has 1 atom stereocenters. The Labute approximate surface area is 135 Å². The van der Waals surface area contributed by atoms with E-state index in [1.807, 2.05) is 31.2 Å². The van der Waals surface area contributed by atoms with E-state index < -0.39 is 0 Å². The van der Waals surface area contributed by atoms with Crippen LogP contribution < -0.4 is 11.1 Å².